The Bertz CT molecular complexity index is 1160. The van der Waals surface area contributed by atoms with Gasteiger partial charge < -0.3 is 24.8 Å². The van der Waals surface area contributed by atoms with E-state index in [-0.39, 0.29) is 37.7 Å². The van der Waals surface area contributed by atoms with Gasteiger partial charge >= 0.3 is 12.2 Å². The minimum Gasteiger partial charge on any atom is -0.493 e. The van der Waals surface area contributed by atoms with Gasteiger partial charge in [0.25, 0.3) is 5.91 Å². The zero-order valence-electron chi connectivity index (χ0n) is 18.6. The van der Waals surface area contributed by atoms with E-state index in [9.17, 15) is 27.6 Å². The summed E-state index contributed by atoms with van der Waals surface area (Å²) in [5.41, 5.74) is -2.16. The van der Waals surface area contributed by atoms with Crippen LogP contribution in [0.25, 0.3) is 0 Å². The lowest BCUT2D eigenvalue weighted by Gasteiger charge is -2.33. The number of alkyl halides is 3. The molecule has 4 amide bonds. The number of hydrogen-bond acceptors (Lipinski definition) is 6. The van der Waals surface area contributed by atoms with E-state index < -0.39 is 41.7 Å². The van der Waals surface area contributed by atoms with Crippen molar-refractivity contribution in [2.24, 2.45) is 0 Å². The van der Waals surface area contributed by atoms with Gasteiger partial charge in [0, 0.05) is 19.1 Å². The van der Waals surface area contributed by atoms with E-state index in [1.165, 1.54) is 7.11 Å². The summed E-state index contributed by atoms with van der Waals surface area (Å²) < 4.78 is 55.5. The average molecular weight is 493 g/mol. The summed E-state index contributed by atoms with van der Waals surface area (Å²) in [5, 5.41) is 4.98. The van der Waals surface area contributed by atoms with Crippen molar-refractivity contribution in [3.63, 3.8) is 0 Å². The van der Waals surface area contributed by atoms with Crippen molar-refractivity contribution in [3.8, 4) is 11.5 Å². The molecular weight excluding hydrogens is 471 g/mol. The first kappa shape index (κ1) is 24.3. The van der Waals surface area contributed by atoms with Crippen LogP contribution in [0.1, 0.15) is 17.5 Å². The summed E-state index contributed by atoms with van der Waals surface area (Å²) in [6.45, 7) is -0.329. The normalized spacial score (nSPS) is 19.3. The number of halogens is 3. The fourth-order valence-corrected chi connectivity index (χ4v) is 4.01. The number of methoxy groups -OCH3 is 1. The van der Waals surface area contributed by atoms with E-state index in [1.54, 1.807) is 24.3 Å². The van der Waals surface area contributed by atoms with Crippen LogP contribution in [0.2, 0.25) is 0 Å². The van der Waals surface area contributed by atoms with Crippen molar-refractivity contribution in [2.75, 3.05) is 38.8 Å². The smallest absolute Gasteiger partial charge is 0.416 e. The molecule has 4 rings (SSSR count). The molecule has 1 atom stereocenters. The van der Waals surface area contributed by atoms with E-state index in [1.807, 2.05) is 0 Å². The summed E-state index contributed by atoms with van der Waals surface area (Å²) in [5.74, 6) is -1.09. The van der Waals surface area contributed by atoms with E-state index in [2.05, 4.69) is 10.6 Å². The van der Waals surface area contributed by atoms with Gasteiger partial charge in [0.15, 0.2) is 5.54 Å². The Morgan fingerprint density at radius 2 is 1.97 bits per heavy atom. The van der Waals surface area contributed by atoms with Crippen molar-refractivity contribution in [1.82, 2.24) is 10.2 Å². The molecular formula is C23H22F3N3O6. The van der Waals surface area contributed by atoms with E-state index in [4.69, 9.17) is 14.2 Å². The largest absolute Gasteiger partial charge is 0.493 e. The average Bonchev–Trinajstić information content (AvgIpc) is 3.04. The van der Waals surface area contributed by atoms with Crippen LogP contribution in [0.4, 0.5) is 23.7 Å². The molecule has 9 nitrogen and oxygen atoms in total. The van der Waals surface area contributed by atoms with Crippen LogP contribution >= 0.6 is 0 Å². The Hall–Kier alpha value is -3.80. The van der Waals surface area contributed by atoms with Gasteiger partial charge in [-0.15, -0.1) is 0 Å². The zero-order valence-corrected chi connectivity index (χ0v) is 18.6. The Labute approximate surface area is 198 Å². The minimum atomic E-state index is -4.65. The highest BCUT2D eigenvalue weighted by molar-refractivity contribution is 6.11. The van der Waals surface area contributed by atoms with E-state index in [0.717, 1.165) is 23.1 Å². The quantitative estimate of drug-likeness (QED) is 0.454. The van der Waals surface area contributed by atoms with Crippen LogP contribution in [0, 0.1) is 0 Å². The van der Waals surface area contributed by atoms with Crippen molar-refractivity contribution in [1.29, 1.82) is 0 Å². The number of rotatable bonds is 7. The lowest BCUT2D eigenvalue weighted by Crippen LogP contribution is -2.48. The zero-order chi connectivity index (χ0) is 25.2. The maximum absolute atomic E-state index is 13.3. The molecule has 12 heteroatoms. The lowest BCUT2D eigenvalue weighted by atomic mass is 9.84. The minimum absolute atomic E-state index is 0.0181. The van der Waals surface area contributed by atoms with Crippen LogP contribution < -0.4 is 20.1 Å². The van der Waals surface area contributed by atoms with Gasteiger partial charge in [0.05, 0.1) is 24.5 Å². The van der Waals surface area contributed by atoms with Crippen LogP contribution in [0.15, 0.2) is 42.5 Å². The first-order chi connectivity index (χ1) is 16.7. The molecule has 2 aromatic rings. The maximum atomic E-state index is 13.3. The highest BCUT2D eigenvalue weighted by atomic mass is 19.4. The molecule has 0 saturated carbocycles. The Balaban J connectivity index is 1.54. The third-order valence-electron chi connectivity index (χ3n) is 5.68. The number of ether oxygens (including phenoxy) is 3. The molecule has 0 radical (unpaired) electrons. The number of imide groups is 1. The number of nitrogens with one attached hydrogen (secondary N) is 2. The summed E-state index contributed by atoms with van der Waals surface area (Å²) in [4.78, 5) is 39.4. The molecule has 2 aliphatic heterocycles. The molecule has 1 spiro atoms. The number of benzene rings is 2. The van der Waals surface area contributed by atoms with Gasteiger partial charge in [-0.05, 0) is 24.3 Å². The topological polar surface area (TPSA) is 106 Å². The van der Waals surface area contributed by atoms with Gasteiger partial charge in [0.2, 0.25) is 5.91 Å². The van der Waals surface area contributed by atoms with Crippen molar-refractivity contribution >= 4 is 23.5 Å². The number of carbonyl (C=O) groups excluding carboxylic acids is 3. The predicted molar refractivity (Wildman–Crippen MR) is 116 cm³/mol. The Kier molecular flexibility index (Phi) is 6.57. The molecule has 0 aliphatic carbocycles. The van der Waals surface area contributed by atoms with Crippen LogP contribution in [-0.4, -0.2) is 56.2 Å². The molecule has 2 aromatic carbocycles. The standard InChI is InChI=1S/C23H22F3N3O6/c1-33-10-11-35-18-7-6-14(23(24,25)26)12-16(18)27-19(30)13-29-20(31)22(28-21(29)32)8-9-34-17-5-3-2-4-15(17)22/h2-7,12H,8-11,13H2,1H3,(H,27,30)(H,28,32). The number of para-hydroxylation sites is 1. The van der Waals surface area contributed by atoms with Gasteiger partial charge in [-0.25, -0.2) is 4.79 Å². The number of anilines is 1. The molecule has 1 fully saturated rings. The molecule has 35 heavy (non-hydrogen) atoms. The van der Waals surface area contributed by atoms with E-state index >= 15 is 0 Å². The molecule has 0 bridgehead atoms. The molecule has 0 aromatic heterocycles. The molecule has 1 saturated heterocycles. The fourth-order valence-electron chi connectivity index (χ4n) is 4.01. The number of hydrogen-bond donors (Lipinski definition) is 2. The highest BCUT2D eigenvalue weighted by Crippen LogP contribution is 2.41. The van der Waals surface area contributed by atoms with Gasteiger partial charge in [-0.2, -0.15) is 13.2 Å². The second-order valence-electron chi connectivity index (χ2n) is 7.92. The third-order valence-corrected chi connectivity index (χ3v) is 5.68. The van der Waals surface area contributed by atoms with Gasteiger partial charge in [-0.3, -0.25) is 14.5 Å². The molecule has 2 N–H and O–H groups in total. The predicted octanol–water partition coefficient (Wildman–Crippen LogP) is 2.90. The highest BCUT2D eigenvalue weighted by Gasteiger charge is 2.55. The third kappa shape index (κ3) is 4.74. The Morgan fingerprint density at radius 3 is 2.71 bits per heavy atom. The Morgan fingerprint density at radius 1 is 1.20 bits per heavy atom. The first-order valence-electron chi connectivity index (χ1n) is 10.6. The summed E-state index contributed by atoms with van der Waals surface area (Å²) in [7, 11) is 1.43. The van der Waals surface area contributed by atoms with Gasteiger partial charge in [0.1, 0.15) is 24.7 Å². The van der Waals surface area contributed by atoms with Crippen molar-refractivity contribution in [3.05, 3.63) is 53.6 Å². The van der Waals surface area contributed by atoms with Crippen LogP contribution in [0.5, 0.6) is 11.5 Å². The number of carbonyl (C=O) groups is 3. The number of amides is 4. The number of fused-ring (bicyclic) bond motifs is 2. The molecule has 1 unspecified atom stereocenters. The second-order valence-corrected chi connectivity index (χ2v) is 7.92. The number of nitrogens with zero attached hydrogens (tertiary/aromatic N) is 1. The summed E-state index contributed by atoms with van der Waals surface area (Å²) in [6, 6.07) is 8.59. The second kappa shape index (κ2) is 9.45. The van der Waals surface area contributed by atoms with Crippen LogP contribution in [0.3, 0.4) is 0 Å². The van der Waals surface area contributed by atoms with Gasteiger partial charge in [-0.1, -0.05) is 18.2 Å². The molecule has 2 heterocycles. The maximum Gasteiger partial charge on any atom is 0.416 e. The molecule has 2 aliphatic rings. The van der Waals surface area contributed by atoms with Crippen molar-refractivity contribution < 1.29 is 41.8 Å². The first-order valence-corrected chi connectivity index (χ1v) is 10.6. The lowest BCUT2D eigenvalue weighted by molar-refractivity contribution is -0.137. The van der Waals surface area contributed by atoms with Crippen LogP contribution in [-0.2, 0) is 26.0 Å². The number of urea groups is 1. The van der Waals surface area contributed by atoms with Crippen molar-refractivity contribution in [2.45, 2.75) is 18.1 Å². The molecule has 186 valence electrons. The summed E-state index contributed by atoms with van der Waals surface area (Å²) in [6.07, 6.45) is -4.49. The summed E-state index contributed by atoms with van der Waals surface area (Å²) >= 11 is 0. The monoisotopic (exact) mass is 493 g/mol. The fraction of sp³-hybridized carbons (Fsp3) is 0.348. The van der Waals surface area contributed by atoms with E-state index in [0.29, 0.717) is 11.3 Å². The SMILES string of the molecule is COCCOc1ccc(C(F)(F)F)cc1NC(=O)CN1C(=O)NC2(CCOc3ccccc32)C1=O.